The molecular formula is C22H28N2O2S. The number of hydrogen-bond donors (Lipinski definition) is 0. The Bertz CT molecular complexity index is 739. The van der Waals surface area contributed by atoms with Gasteiger partial charge < -0.3 is 9.64 Å². The van der Waals surface area contributed by atoms with E-state index in [1.54, 1.807) is 7.11 Å². The summed E-state index contributed by atoms with van der Waals surface area (Å²) in [7, 11) is 1.71. The van der Waals surface area contributed by atoms with Crippen molar-refractivity contribution in [1.29, 1.82) is 0 Å². The molecular weight excluding hydrogens is 356 g/mol. The fraction of sp³-hybridized carbons (Fsp3) is 0.500. The highest BCUT2D eigenvalue weighted by molar-refractivity contribution is 7.09. The van der Waals surface area contributed by atoms with E-state index < -0.39 is 0 Å². The van der Waals surface area contributed by atoms with E-state index in [0.717, 1.165) is 44.5 Å². The van der Waals surface area contributed by atoms with Gasteiger partial charge in [0.05, 0.1) is 12.5 Å². The predicted molar refractivity (Wildman–Crippen MR) is 109 cm³/mol. The van der Waals surface area contributed by atoms with E-state index in [4.69, 9.17) is 4.74 Å². The summed E-state index contributed by atoms with van der Waals surface area (Å²) in [6.07, 6.45) is 3.04. The zero-order valence-electron chi connectivity index (χ0n) is 16.0. The topological polar surface area (TPSA) is 32.8 Å². The lowest BCUT2D eigenvalue weighted by atomic mass is 9.81. The van der Waals surface area contributed by atoms with Crippen molar-refractivity contribution in [2.75, 3.05) is 33.4 Å². The number of carbonyl (C=O) groups is 1. The maximum Gasteiger partial charge on any atom is 0.230 e. The molecule has 5 heteroatoms. The predicted octanol–water partition coefficient (Wildman–Crippen LogP) is 3.75. The summed E-state index contributed by atoms with van der Waals surface area (Å²) in [5.74, 6) is 0.275. The highest BCUT2D eigenvalue weighted by atomic mass is 32.1. The second-order valence-electron chi connectivity index (χ2n) is 7.73. The van der Waals surface area contributed by atoms with Crippen LogP contribution in [0.3, 0.4) is 0 Å². The molecule has 4 nitrogen and oxygen atoms in total. The van der Waals surface area contributed by atoms with E-state index in [2.05, 4.69) is 39.4 Å². The van der Waals surface area contributed by atoms with Crippen molar-refractivity contribution in [2.45, 2.75) is 37.3 Å². The van der Waals surface area contributed by atoms with E-state index in [1.165, 1.54) is 4.88 Å². The number of amides is 1. The number of hydrogen-bond acceptors (Lipinski definition) is 4. The number of ether oxygens (including phenoxy) is 1. The van der Waals surface area contributed by atoms with Gasteiger partial charge in [0.1, 0.15) is 0 Å². The Morgan fingerprint density at radius 1 is 1.15 bits per heavy atom. The normalized spacial score (nSPS) is 22.6. The first kappa shape index (κ1) is 18.7. The Hall–Kier alpha value is -1.69. The zero-order valence-corrected chi connectivity index (χ0v) is 16.8. The third-order valence-electron chi connectivity index (χ3n) is 6.19. The number of thiophene rings is 1. The van der Waals surface area contributed by atoms with Crippen LogP contribution in [0.4, 0.5) is 0 Å². The standard InChI is InChI=1S/C22H28N2O2S/c1-26-14-13-24-21(25)20(18-6-3-2-4-7-18)16-22(24)9-11-23(12-10-22)17-19-8-5-15-27-19/h2-8,15,20H,9-14,16-17H2,1H3/t20-/m0/s1. The van der Waals surface area contributed by atoms with Crippen LogP contribution in [0.5, 0.6) is 0 Å². The maximum absolute atomic E-state index is 13.3. The number of methoxy groups -OCH3 is 1. The van der Waals surface area contributed by atoms with Gasteiger partial charge in [-0.2, -0.15) is 0 Å². The molecule has 0 N–H and O–H groups in total. The third kappa shape index (κ3) is 3.82. The minimum Gasteiger partial charge on any atom is -0.383 e. The van der Waals surface area contributed by atoms with Crippen molar-refractivity contribution in [3.63, 3.8) is 0 Å². The minimum absolute atomic E-state index is 0.00750. The molecule has 144 valence electrons. The number of piperidine rings is 1. The Balaban J connectivity index is 1.50. The molecule has 2 fully saturated rings. The van der Waals surface area contributed by atoms with Crippen LogP contribution in [-0.4, -0.2) is 54.6 Å². The molecule has 0 bridgehead atoms. The highest BCUT2D eigenvalue weighted by Gasteiger charge is 2.51. The van der Waals surface area contributed by atoms with Crippen LogP contribution in [0, 0.1) is 0 Å². The van der Waals surface area contributed by atoms with Gasteiger partial charge in [-0.25, -0.2) is 0 Å². The number of carbonyl (C=O) groups excluding carboxylic acids is 1. The van der Waals surface area contributed by atoms with E-state index in [1.807, 2.05) is 29.5 Å². The first-order valence-electron chi connectivity index (χ1n) is 9.82. The van der Waals surface area contributed by atoms with Crippen molar-refractivity contribution in [3.8, 4) is 0 Å². The average Bonchev–Trinajstić information content (AvgIpc) is 3.30. The summed E-state index contributed by atoms with van der Waals surface area (Å²) in [5, 5.41) is 2.15. The first-order valence-corrected chi connectivity index (χ1v) is 10.7. The lowest BCUT2D eigenvalue weighted by Crippen LogP contribution is -2.53. The summed E-state index contributed by atoms with van der Waals surface area (Å²) >= 11 is 1.83. The van der Waals surface area contributed by atoms with Gasteiger partial charge in [-0.05, 0) is 36.3 Å². The third-order valence-corrected chi connectivity index (χ3v) is 7.05. The van der Waals surface area contributed by atoms with Gasteiger partial charge in [-0.1, -0.05) is 36.4 Å². The molecule has 2 aromatic rings. The summed E-state index contributed by atoms with van der Waals surface area (Å²) in [6, 6.07) is 14.6. The summed E-state index contributed by atoms with van der Waals surface area (Å²) in [4.78, 5) is 19.4. The van der Waals surface area contributed by atoms with Crippen molar-refractivity contribution >= 4 is 17.2 Å². The molecule has 0 saturated carbocycles. The van der Waals surface area contributed by atoms with Crippen LogP contribution in [0.2, 0.25) is 0 Å². The van der Waals surface area contributed by atoms with Gasteiger partial charge in [-0.15, -0.1) is 11.3 Å². The van der Waals surface area contributed by atoms with Crippen LogP contribution >= 0.6 is 11.3 Å². The second-order valence-corrected chi connectivity index (χ2v) is 8.76. The molecule has 4 rings (SSSR count). The summed E-state index contributed by atoms with van der Waals surface area (Å²) in [5.41, 5.74) is 1.14. The molecule has 2 saturated heterocycles. The minimum atomic E-state index is -0.0118. The molecule has 3 heterocycles. The van der Waals surface area contributed by atoms with E-state index in [9.17, 15) is 4.79 Å². The Labute approximate surface area is 165 Å². The largest absolute Gasteiger partial charge is 0.383 e. The molecule has 1 spiro atoms. The number of likely N-dealkylation sites (tertiary alicyclic amines) is 2. The molecule has 0 unspecified atom stereocenters. The van der Waals surface area contributed by atoms with Crippen molar-refractivity contribution in [1.82, 2.24) is 9.80 Å². The molecule has 1 atom stereocenters. The van der Waals surface area contributed by atoms with Crippen molar-refractivity contribution in [3.05, 3.63) is 58.3 Å². The van der Waals surface area contributed by atoms with Gasteiger partial charge in [0, 0.05) is 43.7 Å². The monoisotopic (exact) mass is 384 g/mol. The second kappa shape index (κ2) is 8.13. The van der Waals surface area contributed by atoms with E-state index in [-0.39, 0.29) is 17.4 Å². The smallest absolute Gasteiger partial charge is 0.230 e. The van der Waals surface area contributed by atoms with Crippen molar-refractivity contribution in [2.24, 2.45) is 0 Å². The van der Waals surface area contributed by atoms with Crippen LogP contribution < -0.4 is 0 Å². The summed E-state index contributed by atoms with van der Waals surface area (Å²) < 4.78 is 5.32. The van der Waals surface area contributed by atoms with E-state index >= 15 is 0 Å². The molecule has 0 radical (unpaired) electrons. The molecule has 1 aromatic carbocycles. The number of nitrogens with zero attached hydrogens (tertiary/aromatic N) is 2. The molecule has 27 heavy (non-hydrogen) atoms. The molecule has 1 amide bonds. The molecule has 0 aliphatic carbocycles. The van der Waals surface area contributed by atoms with Gasteiger partial charge in [0.15, 0.2) is 0 Å². The average molecular weight is 385 g/mol. The highest BCUT2D eigenvalue weighted by Crippen LogP contribution is 2.45. The first-order chi connectivity index (χ1) is 13.2. The van der Waals surface area contributed by atoms with Crippen LogP contribution in [0.1, 0.15) is 35.6 Å². The fourth-order valence-electron chi connectivity index (χ4n) is 4.70. The lowest BCUT2D eigenvalue weighted by molar-refractivity contribution is -0.134. The van der Waals surface area contributed by atoms with Gasteiger partial charge in [0.2, 0.25) is 5.91 Å². The SMILES string of the molecule is COCCN1C(=O)[C@H](c2ccccc2)CC12CCN(Cc1cccs1)CC2. The summed E-state index contributed by atoms with van der Waals surface area (Å²) in [6.45, 7) is 4.44. The van der Waals surface area contributed by atoms with Gasteiger partial charge in [-0.3, -0.25) is 9.69 Å². The zero-order chi connectivity index (χ0) is 18.7. The quantitative estimate of drug-likeness (QED) is 0.760. The van der Waals surface area contributed by atoms with Gasteiger partial charge in [0.25, 0.3) is 0 Å². The Kier molecular flexibility index (Phi) is 5.62. The number of benzene rings is 1. The van der Waals surface area contributed by atoms with Crippen LogP contribution in [-0.2, 0) is 16.1 Å². The molecule has 1 aromatic heterocycles. The fourth-order valence-corrected chi connectivity index (χ4v) is 5.45. The Morgan fingerprint density at radius 3 is 2.59 bits per heavy atom. The van der Waals surface area contributed by atoms with E-state index in [0.29, 0.717) is 13.2 Å². The number of rotatable bonds is 6. The van der Waals surface area contributed by atoms with Crippen LogP contribution in [0.15, 0.2) is 47.8 Å². The molecule has 2 aliphatic heterocycles. The van der Waals surface area contributed by atoms with Crippen LogP contribution in [0.25, 0.3) is 0 Å². The van der Waals surface area contributed by atoms with Gasteiger partial charge >= 0.3 is 0 Å². The lowest BCUT2D eigenvalue weighted by Gasteiger charge is -2.45. The molecule has 2 aliphatic rings. The van der Waals surface area contributed by atoms with Crippen molar-refractivity contribution < 1.29 is 9.53 Å². The Morgan fingerprint density at radius 2 is 1.93 bits per heavy atom. The maximum atomic E-state index is 13.3.